The molecule has 0 atom stereocenters. The topological polar surface area (TPSA) is 73.3 Å². The Morgan fingerprint density at radius 3 is 2.94 bits per heavy atom. The van der Waals surface area contributed by atoms with E-state index in [0.717, 1.165) is 11.3 Å². The number of hydrogen-bond donors (Lipinski definition) is 0. The van der Waals surface area contributed by atoms with Gasteiger partial charge in [-0.1, -0.05) is 11.3 Å². The van der Waals surface area contributed by atoms with Crippen molar-refractivity contribution in [2.24, 2.45) is 0 Å². The molecule has 0 aliphatic carbocycles. The third kappa shape index (κ3) is 2.67. The SMILES string of the molecule is O=C(/C=C/c1csc([N+](=O)[O-])c1)c1ccco1. The Hall–Kier alpha value is -2.21. The number of nitrogens with zero attached hydrogens (tertiary/aromatic N) is 1. The molecule has 17 heavy (non-hydrogen) atoms. The summed E-state index contributed by atoms with van der Waals surface area (Å²) in [5.41, 5.74) is 0.626. The van der Waals surface area contributed by atoms with Gasteiger partial charge in [0.1, 0.15) is 0 Å². The van der Waals surface area contributed by atoms with Crippen LogP contribution in [-0.4, -0.2) is 10.7 Å². The van der Waals surface area contributed by atoms with Gasteiger partial charge < -0.3 is 4.42 Å². The van der Waals surface area contributed by atoms with Crippen LogP contribution in [0.5, 0.6) is 0 Å². The van der Waals surface area contributed by atoms with Crippen LogP contribution < -0.4 is 0 Å². The van der Waals surface area contributed by atoms with Crippen molar-refractivity contribution in [3.63, 3.8) is 0 Å². The molecule has 0 amide bonds. The number of furan rings is 1. The molecule has 0 saturated heterocycles. The number of allylic oxidation sites excluding steroid dienone is 1. The van der Waals surface area contributed by atoms with Crippen LogP contribution >= 0.6 is 11.3 Å². The Labute approximate surface area is 100 Å². The quantitative estimate of drug-likeness (QED) is 0.361. The maximum absolute atomic E-state index is 11.5. The van der Waals surface area contributed by atoms with Gasteiger partial charge in [-0.25, -0.2) is 0 Å². The van der Waals surface area contributed by atoms with Crippen LogP contribution in [0.4, 0.5) is 5.00 Å². The summed E-state index contributed by atoms with van der Waals surface area (Å²) in [6.07, 6.45) is 4.26. The highest BCUT2D eigenvalue weighted by Gasteiger charge is 2.08. The van der Waals surface area contributed by atoms with E-state index in [2.05, 4.69) is 0 Å². The largest absolute Gasteiger partial charge is 0.461 e. The van der Waals surface area contributed by atoms with Crippen molar-refractivity contribution in [3.05, 3.63) is 57.4 Å². The first-order valence-corrected chi connectivity index (χ1v) is 5.53. The van der Waals surface area contributed by atoms with Gasteiger partial charge in [0.15, 0.2) is 5.76 Å². The van der Waals surface area contributed by atoms with Crippen LogP contribution in [-0.2, 0) is 0 Å². The fraction of sp³-hybridized carbons (Fsp3) is 0. The molecule has 6 heteroatoms. The van der Waals surface area contributed by atoms with E-state index in [4.69, 9.17) is 4.42 Å². The zero-order valence-corrected chi connectivity index (χ0v) is 9.35. The first-order valence-electron chi connectivity index (χ1n) is 4.65. The van der Waals surface area contributed by atoms with E-state index in [1.165, 1.54) is 24.5 Å². The lowest BCUT2D eigenvalue weighted by Gasteiger charge is -1.86. The lowest BCUT2D eigenvalue weighted by Crippen LogP contribution is -1.89. The summed E-state index contributed by atoms with van der Waals surface area (Å²) in [6.45, 7) is 0. The van der Waals surface area contributed by atoms with Crippen LogP contribution in [0.3, 0.4) is 0 Å². The molecule has 0 unspecified atom stereocenters. The molecule has 2 rings (SSSR count). The lowest BCUT2D eigenvalue weighted by atomic mass is 10.2. The number of carbonyl (C=O) groups excluding carboxylic acids is 1. The zero-order valence-electron chi connectivity index (χ0n) is 8.53. The first kappa shape index (κ1) is 11.3. The normalized spacial score (nSPS) is 10.8. The third-order valence-electron chi connectivity index (χ3n) is 1.98. The monoisotopic (exact) mass is 249 g/mol. The molecular formula is C11H7NO4S. The molecule has 0 bridgehead atoms. The van der Waals surface area contributed by atoms with E-state index in [0.29, 0.717) is 5.56 Å². The van der Waals surface area contributed by atoms with Gasteiger partial charge in [0, 0.05) is 11.4 Å². The predicted molar refractivity (Wildman–Crippen MR) is 63.0 cm³/mol. The van der Waals surface area contributed by atoms with Gasteiger partial charge in [-0.3, -0.25) is 14.9 Å². The van der Waals surface area contributed by atoms with E-state index < -0.39 is 4.92 Å². The molecule has 86 valence electrons. The fourth-order valence-electron chi connectivity index (χ4n) is 1.19. The van der Waals surface area contributed by atoms with Gasteiger partial charge in [-0.05, 0) is 29.8 Å². The van der Waals surface area contributed by atoms with Gasteiger partial charge in [-0.2, -0.15) is 0 Å². The molecule has 2 heterocycles. The third-order valence-corrected chi connectivity index (χ3v) is 2.88. The van der Waals surface area contributed by atoms with Gasteiger partial charge in [0.05, 0.1) is 11.2 Å². The summed E-state index contributed by atoms with van der Waals surface area (Å²) in [4.78, 5) is 21.5. The minimum atomic E-state index is -0.462. The number of carbonyl (C=O) groups is 1. The average Bonchev–Trinajstić information content (AvgIpc) is 2.97. The molecule has 0 spiro atoms. The zero-order chi connectivity index (χ0) is 12.3. The van der Waals surface area contributed by atoms with Crippen molar-refractivity contribution in [2.75, 3.05) is 0 Å². The summed E-state index contributed by atoms with van der Waals surface area (Å²) in [6, 6.07) is 4.59. The molecule has 0 radical (unpaired) electrons. The summed E-state index contributed by atoms with van der Waals surface area (Å²) in [7, 11) is 0. The van der Waals surface area contributed by atoms with Crippen LogP contribution in [0.2, 0.25) is 0 Å². The van der Waals surface area contributed by atoms with Gasteiger partial charge in [-0.15, -0.1) is 0 Å². The Kier molecular flexibility index (Phi) is 3.15. The van der Waals surface area contributed by atoms with Crippen LogP contribution in [0.1, 0.15) is 16.1 Å². The summed E-state index contributed by atoms with van der Waals surface area (Å²) < 4.78 is 4.92. The molecule has 2 aromatic rings. The van der Waals surface area contributed by atoms with Gasteiger partial charge in [0.2, 0.25) is 5.78 Å². The second kappa shape index (κ2) is 4.75. The molecule has 5 nitrogen and oxygen atoms in total. The maximum Gasteiger partial charge on any atom is 0.324 e. The number of ketones is 1. The van der Waals surface area contributed by atoms with Gasteiger partial charge >= 0.3 is 5.00 Å². The molecule has 0 fully saturated rings. The first-order chi connectivity index (χ1) is 8.16. The van der Waals surface area contributed by atoms with E-state index in [-0.39, 0.29) is 16.5 Å². The van der Waals surface area contributed by atoms with Crippen molar-refractivity contribution in [1.82, 2.24) is 0 Å². The highest BCUT2D eigenvalue weighted by Crippen LogP contribution is 2.23. The van der Waals surface area contributed by atoms with E-state index >= 15 is 0 Å². The predicted octanol–water partition coefficient (Wildman–Crippen LogP) is 3.15. The van der Waals surface area contributed by atoms with Crippen molar-refractivity contribution >= 4 is 28.2 Å². The summed E-state index contributed by atoms with van der Waals surface area (Å²) in [5, 5.41) is 12.1. The molecule has 0 saturated carbocycles. The lowest BCUT2D eigenvalue weighted by molar-refractivity contribution is -0.380. The minimum absolute atomic E-state index is 0.0510. The molecule has 2 aromatic heterocycles. The van der Waals surface area contributed by atoms with Crippen LogP contribution in [0.15, 0.2) is 40.3 Å². The Bertz CT molecular complexity index is 568. The second-order valence-electron chi connectivity index (χ2n) is 3.15. The van der Waals surface area contributed by atoms with E-state index in [9.17, 15) is 14.9 Å². The highest BCUT2D eigenvalue weighted by molar-refractivity contribution is 7.13. The van der Waals surface area contributed by atoms with Crippen molar-refractivity contribution in [2.45, 2.75) is 0 Å². The maximum atomic E-state index is 11.5. The van der Waals surface area contributed by atoms with Crippen molar-refractivity contribution in [1.29, 1.82) is 0 Å². The van der Waals surface area contributed by atoms with Gasteiger partial charge in [0.25, 0.3) is 0 Å². The second-order valence-corrected chi connectivity index (χ2v) is 4.04. The molecule has 0 aromatic carbocycles. The average molecular weight is 249 g/mol. The Morgan fingerprint density at radius 1 is 1.53 bits per heavy atom. The van der Waals surface area contributed by atoms with Crippen molar-refractivity contribution < 1.29 is 14.1 Å². The van der Waals surface area contributed by atoms with Crippen LogP contribution in [0.25, 0.3) is 6.08 Å². The molecule has 0 aliphatic rings. The Morgan fingerprint density at radius 2 is 2.35 bits per heavy atom. The number of nitro groups is 1. The Balaban J connectivity index is 2.10. The highest BCUT2D eigenvalue weighted by atomic mass is 32.1. The minimum Gasteiger partial charge on any atom is -0.461 e. The standard InChI is InChI=1S/C11H7NO4S/c13-9(10-2-1-5-16-10)4-3-8-6-11(12(14)15)17-7-8/h1-7H/b4-3+. The van der Waals surface area contributed by atoms with E-state index in [1.807, 2.05) is 0 Å². The smallest absolute Gasteiger partial charge is 0.324 e. The van der Waals surface area contributed by atoms with Crippen LogP contribution in [0, 0.1) is 10.1 Å². The molecule has 0 N–H and O–H groups in total. The molecular weight excluding hydrogens is 242 g/mol. The summed E-state index contributed by atoms with van der Waals surface area (Å²) in [5.74, 6) is -0.0326. The molecule has 0 aliphatic heterocycles. The van der Waals surface area contributed by atoms with Crippen molar-refractivity contribution in [3.8, 4) is 0 Å². The number of thiophene rings is 1. The number of rotatable bonds is 4. The van der Waals surface area contributed by atoms with E-state index in [1.54, 1.807) is 17.5 Å². The fourth-order valence-corrected chi connectivity index (χ4v) is 1.89. The summed E-state index contributed by atoms with van der Waals surface area (Å²) >= 11 is 1.02. The number of hydrogen-bond acceptors (Lipinski definition) is 5.